The quantitative estimate of drug-likeness (QED) is 0.792. The second-order valence-electron chi connectivity index (χ2n) is 7.85. The fourth-order valence-electron chi connectivity index (χ4n) is 2.75. The van der Waals surface area contributed by atoms with Crippen molar-refractivity contribution in [2.75, 3.05) is 6.54 Å². The van der Waals surface area contributed by atoms with Crippen LogP contribution in [0.1, 0.15) is 38.8 Å². The van der Waals surface area contributed by atoms with Gasteiger partial charge in [-0.25, -0.2) is 13.6 Å². The SMILES string of the molecule is CC(C)(C)[Si](C)(C)O[C@@H]1CC(c2cc(F)ccc2F)N(C(=O)O)C1. The van der Waals surface area contributed by atoms with E-state index in [2.05, 4.69) is 33.9 Å². The lowest BCUT2D eigenvalue weighted by molar-refractivity contribution is 0.132. The maximum absolute atomic E-state index is 14.1. The Labute approximate surface area is 142 Å². The first kappa shape index (κ1) is 18.9. The van der Waals surface area contributed by atoms with Gasteiger partial charge in [0.25, 0.3) is 0 Å². The number of amides is 1. The van der Waals surface area contributed by atoms with Gasteiger partial charge in [0.2, 0.25) is 0 Å². The molecule has 1 heterocycles. The van der Waals surface area contributed by atoms with Gasteiger partial charge in [-0.15, -0.1) is 0 Å². The van der Waals surface area contributed by atoms with Crippen molar-refractivity contribution < 1.29 is 23.1 Å². The number of carbonyl (C=O) groups is 1. The maximum atomic E-state index is 14.1. The molecule has 1 fully saturated rings. The number of nitrogens with zero attached hydrogens (tertiary/aromatic N) is 1. The van der Waals surface area contributed by atoms with Crippen molar-refractivity contribution in [1.29, 1.82) is 0 Å². The van der Waals surface area contributed by atoms with Crippen molar-refractivity contribution in [2.24, 2.45) is 0 Å². The van der Waals surface area contributed by atoms with E-state index in [-0.39, 0.29) is 23.3 Å². The number of hydrogen-bond acceptors (Lipinski definition) is 2. The van der Waals surface area contributed by atoms with Crippen LogP contribution in [0.2, 0.25) is 18.1 Å². The van der Waals surface area contributed by atoms with E-state index in [0.717, 1.165) is 23.1 Å². The minimum atomic E-state index is -2.08. The molecule has 1 aromatic carbocycles. The number of benzene rings is 1. The lowest BCUT2D eigenvalue weighted by Crippen LogP contribution is -2.44. The molecule has 1 aromatic rings. The Balaban J connectivity index is 2.27. The highest BCUT2D eigenvalue weighted by molar-refractivity contribution is 6.74. The molecule has 1 aliphatic rings. The first-order chi connectivity index (χ1) is 10.9. The van der Waals surface area contributed by atoms with Gasteiger partial charge in [0.15, 0.2) is 8.32 Å². The van der Waals surface area contributed by atoms with Gasteiger partial charge in [0, 0.05) is 12.1 Å². The molecule has 1 amide bonds. The number of halogens is 2. The third-order valence-corrected chi connectivity index (χ3v) is 9.63. The van der Waals surface area contributed by atoms with Gasteiger partial charge in [-0.3, -0.25) is 4.90 Å². The van der Waals surface area contributed by atoms with E-state index < -0.39 is 32.1 Å². The second-order valence-corrected chi connectivity index (χ2v) is 12.6. The molecule has 7 heteroatoms. The third kappa shape index (κ3) is 3.78. The lowest BCUT2D eigenvalue weighted by Gasteiger charge is -2.38. The highest BCUT2D eigenvalue weighted by Crippen LogP contribution is 2.41. The Bertz CT molecular complexity index is 631. The topological polar surface area (TPSA) is 49.8 Å². The Morgan fingerprint density at radius 2 is 1.96 bits per heavy atom. The summed E-state index contributed by atoms with van der Waals surface area (Å²) < 4.78 is 33.9. The summed E-state index contributed by atoms with van der Waals surface area (Å²) in [6, 6.07) is 2.41. The number of rotatable bonds is 3. The Kier molecular flexibility index (Phi) is 5.06. The molecule has 2 atom stereocenters. The van der Waals surface area contributed by atoms with Crippen molar-refractivity contribution in [2.45, 2.75) is 57.5 Å². The van der Waals surface area contributed by atoms with Crippen LogP contribution in [0.3, 0.4) is 0 Å². The van der Waals surface area contributed by atoms with Crippen LogP contribution in [-0.4, -0.2) is 37.1 Å². The zero-order chi connectivity index (χ0) is 18.3. The second kappa shape index (κ2) is 6.44. The molecule has 1 aliphatic heterocycles. The van der Waals surface area contributed by atoms with Gasteiger partial charge < -0.3 is 9.53 Å². The normalized spacial score (nSPS) is 22.0. The zero-order valence-corrected chi connectivity index (χ0v) is 15.8. The third-order valence-electron chi connectivity index (χ3n) is 5.09. The number of carboxylic acid groups (broad SMARTS) is 1. The van der Waals surface area contributed by atoms with Crippen molar-refractivity contribution >= 4 is 14.4 Å². The summed E-state index contributed by atoms with van der Waals surface area (Å²) in [6.07, 6.45) is -1.13. The average Bonchev–Trinajstić information content (AvgIpc) is 2.83. The molecule has 0 spiro atoms. The molecule has 2 rings (SSSR count). The van der Waals surface area contributed by atoms with Crippen LogP contribution in [0.15, 0.2) is 18.2 Å². The van der Waals surface area contributed by atoms with Crippen LogP contribution in [0.4, 0.5) is 13.6 Å². The van der Waals surface area contributed by atoms with Crippen LogP contribution in [-0.2, 0) is 4.43 Å². The fourth-order valence-corrected chi connectivity index (χ4v) is 4.11. The lowest BCUT2D eigenvalue weighted by atomic mass is 10.0. The summed E-state index contributed by atoms with van der Waals surface area (Å²) >= 11 is 0. The smallest absolute Gasteiger partial charge is 0.407 e. The van der Waals surface area contributed by atoms with Gasteiger partial charge in [-0.1, -0.05) is 20.8 Å². The number of likely N-dealkylation sites (tertiary alicyclic amines) is 1. The van der Waals surface area contributed by atoms with Gasteiger partial charge in [0.1, 0.15) is 11.6 Å². The van der Waals surface area contributed by atoms with Crippen LogP contribution in [0.25, 0.3) is 0 Å². The first-order valence-corrected chi connectivity index (χ1v) is 11.0. The Morgan fingerprint density at radius 3 is 2.50 bits per heavy atom. The molecular weight excluding hydrogens is 332 g/mol. The molecule has 1 unspecified atom stereocenters. The minimum absolute atomic E-state index is 0.0107. The summed E-state index contributed by atoms with van der Waals surface area (Å²) in [7, 11) is -2.08. The zero-order valence-electron chi connectivity index (χ0n) is 14.8. The highest BCUT2D eigenvalue weighted by Gasteiger charge is 2.44. The molecule has 0 radical (unpaired) electrons. The maximum Gasteiger partial charge on any atom is 0.407 e. The van der Waals surface area contributed by atoms with E-state index in [4.69, 9.17) is 4.43 Å². The van der Waals surface area contributed by atoms with E-state index >= 15 is 0 Å². The van der Waals surface area contributed by atoms with Crippen LogP contribution in [0.5, 0.6) is 0 Å². The molecule has 0 saturated carbocycles. The van der Waals surface area contributed by atoms with Gasteiger partial charge >= 0.3 is 6.09 Å². The minimum Gasteiger partial charge on any atom is -0.465 e. The first-order valence-electron chi connectivity index (χ1n) is 8.05. The molecule has 1 N–H and O–H groups in total. The van der Waals surface area contributed by atoms with Crippen LogP contribution < -0.4 is 0 Å². The molecule has 1 saturated heterocycles. The van der Waals surface area contributed by atoms with Crippen molar-refractivity contribution in [3.8, 4) is 0 Å². The van der Waals surface area contributed by atoms with E-state index in [1.807, 2.05) is 0 Å². The monoisotopic (exact) mass is 357 g/mol. The van der Waals surface area contributed by atoms with Gasteiger partial charge in [-0.05, 0) is 42.8 Å². The van der Waals surface area contributed by atoms with E-state index in [1.165, 1.54) is 0 Å². The molecule has 0 bridgehead atoms. The fraction of sp³-hybridized carbons (Fsp3) is 0.588. The summed E-state index contributed by atoms with van der Waals surface area (Å²) in [4.78, 5) is 12.7. The molecule has 0 aliphatic carbocycles. The predicted molar refractivity (Wildman–Crippen MR) is 90.5 cm³/mol. The average molecular weight is 357 g/mol. The van der Waals surface area contributed by atoms with Gasteiger partial charge in [0.05, 0.1) is 12.1 Å². The van der Waals surface area contributed by atoms with Gasteiger partial charge in [-0.2, -0.15) is 0 Å². The number of hydrogen-bond donors (Lipinski definition) is 1. The van der Waals surface area contributed by atoms with E-state index in [9.17, 15) is 18.7 Å². The molecule has 0 aromatic heterocycles. The Morgan fingerprint density at radius 1 is 1.33 bits per heavy atom. The van der Waals surface area contributed by atoms with Crippen LogP contribution in [0, 0.1) is 11.6 Å². The van der Waals surface area contributed by atoms with E-state index in [1.54, 1.807) is 0 Å². The van der Waals surface area contributed by atoms with Crippen molar-refractivity contribution in [1.82, 2.24) is 4.90 Å². The summed E-state index contributed by atoms with van der Waals surface area (Å²) in [6.45, 7) is 10.7. The molecular formula is C17H25F2NO3Si. The van der Waals surface area contributed by atoms with Crippen molar-refractivity contribution in [3.63, 3.8) is 0 Å². The Hall–Kier alpha value is -1.47. The van der Waals surface area contributed by atoms with Crippen LogP contribution >= 0.6 is 0 Å². The highest BCUT2D eigenvalue weighted by atomic mass is 28.4. The predicted octanol–water partition coefficient (Wildman–Crippen LogP) is 4.78. The molecule has 24 heavy (non-hydrogen) atoms. The summed E-state index contributed by atoms with van der Waals surface area (Å²) in [5.41, 5.74) is 0.0683. The summed E-state index contributed by atoms with van der Waals surface area (Å²) in [5, 5.41) is 9.44. The molecule has 4 nitrogen and oxygen atoms in total. The summed E-state index contributed by atoms with van der Waals surface area (Å²) in [5.74, 6) is -1.17. The largest absolute Gasteiger partial charge is 0.465 e. The molecule has 134 valence electrons. The standard InChI is InChI=1S/C17H25F2NO3Si/c1-17(2,3)24(4,5)23-12-9-15(20(10-12)16(21)22)13-8-11(18)6-7-14(13)19/h6-8,12,15H,9-10H2,1-5H3,(H,21,22)/t12-,15?/m1/s1. The van der Waals surface area contributed by atoms with Crippen molar-refractivity contribution in [3.05, 3.63) is 35.4 Å². The van der Waals surface area contributed by atoms with E-state index in [0.29, 0.717) is 6.42 Å².